The molecule has 84 valence electrons. The van der Waals surface area contributed by atoms with Crippen molar-refractivity contribution in [3.05, 3.63) is 0 Å². The molecule has 0 aliphatic carbocycles. The van der Waals surface area contributed by atoms with E-state index in [0.29, 0.717) is 6.10 Å². The summed E-state index contributed by atoms with van der Waals surface area (Å²) in [5, 5.41) is 6.80. The second-order valence-corrected chi connectivity index (χ2v) is 3.92. The van der Waals surface area contributed by atoms with Crippen LogP contribution in [0.5, 0.6) is 0 Å². The van der Waals surface area contributed by atoms with E-state index < -0.39 is 0 Å². The highest BCUT2D eigenvalue weighted by Crippen LogP contribution is 2.14. The summed E-state index contributed by atoms with van der Waals surface area (Å²) in [6.07, 6.45) is 5.44. The van der Waals surface area contributed by atoms with Gasteiger partial charge < -0.3 is 15.4 Å². The van der Waals surface area contributed by atoms with Crippen LogP contribution in [-0.2, 0) is 4.74 Å². The normalized spacial score (nSPS) is 21.6. The molecule has 0 aromatic carbocycles. The summed E-state index contributed by atoms with van der Waals surface area (Å²) in [6.45, 7) is 7.55. The number of rotatable bonds is 8. The zero-order valence-electron chi connectivity index (χ0n) is 9.35. The molecule has 1 heterocycles. The maximum absolute atomic E-state index is 5.54. The van der Waals surface area contributed by atoms with E-state index in [-0.39, 0.29) is 0 Å². The Kier molecular flexibility index (Phi) is 7.01. The van der Waals surface area contributed by atoms with E-state index in [4.69, 9.17) is 4.74 Å². The molecule has 1 fully saturated rings. The largest absolute Gasteiger partial charge is 0.378 e. The quantitative estimate of drug-likeness (QED) is 0.577. The zero-order chi connectivity index (χ0) is 10.1. The molecule has 2 N–H and O–H groups in total. The van der Waals surface area contributed by atoms with Crippen molar-refractivity contribution in [1.29, 1.82) is 0 Å². The van der Waals surface area contributed by atoms with Crippen LogP contribution in [0.15, 0.2) is 0 Å². The first-order valence-corrected chi connectivity index (χ1v) is 5.96. The highest BCUT2D eigenvalue weighted by atomic mass is 16.5. The van der Waals surface area contributed by atoms with E-state index in [1.54, 1.807) is 0 Å². The highest BCUT2D eigenvalue weighted by Gasteiger charge is 2.13. The Morgan fingerprint density at radius 1 is 1.14 bits per heavy atom. The van der Waals surface area contributed by atoms with E-state index in [0.717, 1.165) is 32.8 Å². The van der Waals surface area contributed by atoms with E-state index in [9.17, 15) is 0 Å². The Balaban J connectivity index is 1.75. The number of ether oxygens (including phenoxy) is 1. The molecule has 14 heavy (non-hydrogen) atoms. The van der Waals surface area contributed by atoms with Crippen LogP contribution >= 0.6 is 0 Å². The minimum atomic E-state index is 0.533. The SMILES string of the molecule is CCCNCCNCCC1CCCO1. The average Bonchev–Trinajstić information content (AvgIpc) is 2.69. The van der Waals surface area contributed by atoms with Gasteiger partial charge in [-0.15, -0.1) is 0 Å². The monoisotopic (exact) mass is 200 g/mol. The van der Waals surface area contributed by atoms with Crippen LogP contribution in [0.4, 0.5) is 0 Å². The van der Waals surface area contributed by atoms with Crippen LogP contribution in [0.1, 0.15) is 32.6 Å². The molecule has 0 aromatic rings. The number of hydrogen-bond donors (Lipinski definition) is 2. The first-order chi connectivity index (χ1) is 6.93. The molecule has 0 amide bonds. The van der Waals surface area contributed by atoms with E-state index in [2.05, 4.69) is 17.6 Å². The second-order valence-electron chi connectivity index (χ2n) is 3.92. The van der Waals surface area contributed by atoms with Crippen LogP contribution in [0.3, 0.4) is 0 Å². The van der Waals surface area contributed by atoms with Gasteiger partial charge in [-0.2, -0.15) is 0 Å². The second kappa shape index (κ2) is 8.21. The van der Waals surface area contributed by atoms with Crippen molar-refractivity contribution in [2.45, 2.75) is 38.7 Å². The van der Waals surface area contributed by atoms with Crippen molar-refractivity contribution >= 4 is 0 Å². The summed E-state index contributed by atoms with van der Waals surface area (Å²) in [5.41, 5.74) is 0. The summed E-state index contributed by atoms with van der Waals surface area (Å²) in [4.78, 5) is 0. The van der Waals surface area contributed by atoms with Crippen molar-refractivity contribution in [3.63, 3.8) is 0 Å². The smallest absolute Gasteiger partial charge is 0.0588 e. The highest BCUT2D eigenvalue weighted by molar-refractivity contribution is 4.66. The summed E-state index contributed by atoms with van der Waals surface area (Å²) in [7, 11) is 0. The van der Waals surface area contributed by atoms with E-state index in [1.165, 1.54) is 25.7 Å². The van der Waals surface area contributed by atoms with Gasteiger partial charge in [0.1, 0.15) is 0 Å². The molecular formula is C11H24N2O. The Morgan fingerprint density at radius 2 is 1.93 bits per heavy atom. The van der Waals surface area contributed by atoms with Crippen molar-refractivity contribution in [1.82, 2.24) is 10.6 Å². The van der Waals surface area contributed by atoms with Gasteiger partial charge in [0.15, 0.2) is 0 Å². The van der Waals surface area contributed by atoms with Crippen molar-refractivity contribution in [2.75, 3.05) is 32.8 Å². The summed E-state index contributed by atoms with van der Waals surface area (Å²) in [5.74, 6) is 0. The zero-order valence-corrected chi connectivity index (χ0v) is 9.35. The first-order valence-electron chi connectivity index (χ1n) is 5.96. The third-order valence-corrected chi connectivity index (χ3v) is 2.57. The molecule has 1 aliphatic rings. The molecule has 1 unspecified atom stereocenters. The Hall–Kier alpha value is -0.120. The molecule has 0 spiro atoms. The molecular weight excluding hydrogens is 176 g/mol. The molecule has 0 radical (unpaired) electrons. The van der Waals surface area contributed by atoms with Crippen LogP contribution in [0, 0.1) is 0 Å². The fourth-order valence-corrected chi connectivity index (χ4v) is 1.74. The average molecular weight is 200 g/mol. The molecule has 3 heteroatoms. The van der Waals surface area contributed by atoms with Gasteiger partial charge in [-0.25, -0.2) is 0 Å². The van der Waals surface area contributed by atoms with Crippen LogP contribution in [0.2, 0.25) is 0 Å². The van der Waals surface area contributed by atoms with E-state index in [1.807, 2.05) is 0 Å². The maximum atomic E-state index is 5.54. The van der Waals surface area contributed by atoms with Gasteiger partial charge in [-0.1, -0.05) is 6.92 Å². The fraction of sp³-hybridized carbons (Fsp3) is 1.00. The standard InChI is InChI=1S/C11H24N2O/c1-2-6-12-8-9-13-7-5-11-4-3-10-14-11/h11-13H,2-10H2,1H3. The molecule has 1 atom stereocenters. The molecule has 3 nitrogen and oxygen atoms in total. The lowest BCUT2D eigenvalue weighted by molar-refractivity contribution is 0.104. The topological polar surface area (TPSA) is 33.3 Å². The number of nitrogens with one attached hydrogen (secondary N) is 2. The Bertz CT molecular complexity index is 124. The lowest BCUT2D eigenvalue weighted by Gasteiger charge is -2.10. The van der Waals surface area contributed by atoms with Gasteiger partial charge >= 0.3 is 0 Å². The predicted octanol–water partition coefficient (Wildman–Crippen LogP) is 1.14. The summed E-state index contributed by atoms with van der Waals surface area (Å²) in [6, 6.07) is 0. The first kappa shape index (κ1) is 12.0. The van der Waals surface area contributed by atoms with Gasteiger partial charge in [0.25, 0.3) is 0 Å². The molecule has 1 saturated heterocycles. The minimum absolute atomic E-state index is 0.533. The predicted molar refractivity (Wildman–Crippen MR) is 59.6 cm³/mol. The Morgan fingerprint density at radius 3 is 2.57 bits per heavy atom. The van der Waals surface area contributed by atoms with Gasteiger partial charge in [0.2, 0.25) is 0 Å². The van der Waals surface area contributed by atoms with Crippen molar-refractivity contribution < 1.29 is 4.74 Å². The van der Waals surface area contributed by atoms with Crippen LogP contribution < -0.4 is 10.6 Å². The summed E-state index contributed by atoms with van der Waals surface area (Å²) < 4.78 is 5.54. The lowest BCUT2D eigenvalue weighted by Crippen LogP contribution is -2.29. The molecule has 0 aromatic heterocycles. The summed E-state index contributed by atoms with van der Waals surface area (Å²) >= 11 is 0. The van der Waals surface area contributed by atoms with Crippen LogP contribution in [-0.4, -0.2) is 38.9 Å². The molecule has 0 bridgehead atoms. The fourth-order valence-electron chi connectivity index (χ4n) is 1.74. The van der Waals surface area contributed by atoms with Gasteiger partial charge in [-0.3, -0.25) is 0 Å². The molecule has 1 aliphatic heterocycles. The maximum Gasteiger partial charge on any atom is 0.0588 e. The van der Waals surface area contributed by atoms with Crippen molar-refractivity contribution in [3.8, 4) is 0 Å². The van der Waals surface area contributed by atoms with Crippen molar-refractivity contribution in [2.24, 2.45) is 0 Å². The number of hydrogen-bond acceptors (Lipinski definition) is 3. The lowest BCUT2D eigenvalue weighted by atomic mass is 10.2. The van der Waals surface area contributed by atoms with Gasteiger partial charge in [0, 0.05) is 19.7 Å². The van der Waals surface area contributed by atoms with E-state index >= 15 is 0 Å². The Labute approximate surface area is 87.6 Å². The third-order valence-electron chi connectivity index (χ3n) is 2.57. The molecule has 0 saturated carbocycles. The van der Waals surface area contributed by atoms with Gasteiger partial charge in [-0.05, 0) is 38.8 Å². The minimum Gasteiger partial charge on any atom is -0.378 e. The molecule has 1 rings (SSSR count). The van der Waals surface area contributed by atoms with Crippen LogP contribution in [0.25, 0.3) is 0 Å². The third kappa shape index (κ3) is 5.58. The van der Waals surface area contributed by atoms with Gasteiger partial charge in [0.05, 0.1) is 6.10 Å².